The number of halogens is 1. The molecule has 0 radical (unpaired) electrons. The smallest absolute Gasteiger partial charge is 0.152 e. The van der Waals surface area contributed by atoms with Gasteiger partial charge in [0.2, 0.25) is 0 Å². The van der Waals surface area contributed by atoms with Crippen LogP contribution in [-0.2, 0) is 0 Å². The molecule has 0 spiro atoms. The maximum Gasteiger partial charge on any atom is 0.152 e. The number of nitrogens with two attached hydrogens (primary N) is 1. The van der Waals surface area contributed by atoms with Gasteiger partial charge in [0.15, 0.2) is 4.34 Å². The summed E-state index contributed by atoms with van der Waals surface area (Å²) in [6.07, 6.45) is 6.55. The van der Waals surface area contributed by atoms with Gasteiger partial charge in [-0.2, -0.15) is 0 Å². The Kier molecular flexibility index (Phi) is 4.27. The Morgan fingerprint density at radius 3 is 2.55 bits per heavy atom. The van der Waals surface area contributed by atoms with Crippen LogP contribution < -0.4 is 5.73 Å². The minimum atomic E-state index is -0.237. The normalized spacial score (nSPS) is 16.4. The highest BCUT2D eigenvalue weighted by Crippen LogP contribution is 2.40. The fourth-order valence-corrected chi connectivity index (χ4v) is 4.96. The van der Waals surface area contributed by atoms with Crippen LogP contribution in [0, 0.1) is 5.82 Å². The van der Waals surface area contributed by atoms with Crippen LogP contribution in [0.25, 0.3) is 11.3 Å². The monoisotopic (exact) mass is 308 g/mol. The predicted octanol–water partition coefficient (Wildman–Crippen LogP) is 4.96. The molecule has 2 N–H and O–H groups in total. The molecule has 0 bridgehead atoms. The van der Waals surface area contributed by atoms with Gasteiger partial charge in [0.25, 0.3) is 0 Å². The molecule has 1 heterocycles. The number of anilines is 1. The molecule has 0 amide bonds. The van der Waals surface area contributed by atoms with Gasteiger partial charge in [-0.1, -0.05) is 42.4 Å². The quantitative estimate of drug-likeness (QED) is 0.871. The van der Waals surface area contributed by atoms with E-state index in [1.54, 1.807) is 23.5 Å². The molecule has 0 aliphatic heterocycles. The van der Waals surface area contributed by atoms with Gasteiger partial charge < -0.3 is 5.73 Å². The van der Waals surface area contributed by atoms with Gasteiger partial charge in [0, 0.05) is 10.8 Å². The van der Waals surface area contributed by atoms with E-state index < -0.39 is 0 Å². The number of thioether (sulfide) groups is 1. The van der Waals surface area contributed by atoms with E-state index in [0.717, 1.165) is 20.6 Å². The summed E-state index contributed by atoms with van der Waals surface area (Å²) in [5, 5.41) is 1.39. The number of benzene rings is 1. The molecule has 1 aromatic heterocycles. The first-order valence-corrected chi connectivity index (χ1v) is 8.61. The number of thiazole rings is 1. The topological polar surface area (TPSA) is 38.9 Å². The average molecular weight is 308 g/mol. The van der Waals surface area contributed by atoms with Crippen LogP contribution >= 0.6 is 23.1 Å². The van der Waals surface area contributed by atoms with E-state index in [9.17, 15) is 4.39 Å². The maximum atomic E-state index is 13.0. The summed E-state index contributed by atoms with van der Waals surface area (Å²) in [6, 6.07) is 6.36. The lowest BCUT2D eigenvalue weighted by Gasteiger charge is -2.19. The van der Waals surface area contributed by atoms with Gasteiger partial charge >= 0.3 is 0 Å². The van der Waals surface area contributed by atoms with Gasteiger partial charge in [0.1, 0.15) is 16.5 Å². The molecule has 2 aromatic rings. The lowest BCUT2D eigenvalue weighted by atomic mass is 10.0. The predicted molar refractivity (Wildman–Crippen MR) is 84.7 cm³/mol. The third-order valence-electron chi connectivity index (χ3n) is 3.57. The third kappa shape index (κ3) is 3.15. The molecule has 1 fully saturated rings. The van der Waals surface area contributed by atoms with Crippen LogP contribution in [0.4, 0.5) is 9.39 Å². The van der Waals surface area contributed by atoms with Gasteiger partial charge in [-0.05, 0) is 37.1 Å². The molecule has 1 aliphatic rings. The number of nitrogen functional groups attached to an aromatic ring is 1. The summed E-state index contributed by atoms with van der Waals surface area (Å²) in [7, 11) is 0. The van der Waals surface area contributed by atoms with Crippen LogP contribution in [0.15, 0.2) is 28.6 Å². The van der Waals surface area contributed by atoms with Crippen molar-refractivity contribution in [2.75, 3.05) is 5.73 Å². The lowest BCUT2D eigenvalue weighted by Crippen LogP contribution is -2.07. The van der Waals surface area contributed by atoms with E-state index in [0.29, 0.717) is 5.25 Å². The van der Waals surface area contributed by atoms with Gasteiger partial charge in [-0.25, -0.2) is 9.37 Å². The van der Waals surface area contributed by atoms with Crippen molar-refractivity contribution in [3.8, 4) is 11.3 Å². The number of rotatable bonds is 3. The van der Waals surface area contributed by atoms with E-state index in [2.05, 4.69) is 4.98 Å². The van der Waals surface area contributed by atoms with Crippen LogP contribution in [0.2, 0.25) is 0 Å². The van der Waals surface area contributed by atoms with Crippen molar-refractivity contribution in [1.82, 2.24) is 4.98 Å². The van der Waals surface area contributed by atoms with Crippen LogP contribution in [0.3, 0.4) is 0 Å². The largest absolute Gasteiger partial charge is 0.389 e. The molecule has 20 heavy (non-hydrogen) atoms. The molecule has 1 aromatic carbocycles. The van der Waals surface area contributed by atoms with Gasteiger partial charge in [-0.15, -0.1) is 0 Å². The zero-order chi connectivity index (χ0) is 13.9. The fraction of sp³-hybridized carbons (Fsp3) is 0.400. The lowest BCUT2D eigenvalue weighted by molar-refractivity contribution is 0.516. The zero-order valence-electron chi connectivity index (χ0n) is 11.1. The maximum absolute atomic E-state index is 13.0. The second-order valence-electron chi connectivity index (χ2n) is 5.08. The summed E-state index contributed by atoms with van der Waals surface area (Å²) in [5.41, 5.74) is 7.74. The van der Waals surface area contributed by atoms with Gasteiger partial charge in [0.05, 0.1) is 0 Å². The molecule has 3 rings (SSSR count). The highest BCUT2D eigenvalue weighted by atomic mass is 32.2. The number of hydrogen-bond donors (Lipinski definition) is 1. The minimum Gasteiger partial charge on any atom is -0.389 e. The first-order chi connectivity index (χ1) is 9.72. The molecule has 5 heteroatoms. The second kappa shape index (κ2) is 6.14. The Morgan fingerprint density at radius 1 is 1.15 bits per heavy atom. The van der Waals surface area contributed by atoms with E-state index in [1.165, 1.54) is 44.2 Å². The van der Waals surface area contributed by atoms with Crippen LogP contribution in [-0.4, -0.2) is 10.2 Å². The summed E-state index contributed by atoms with van der Waals surface area (Å²) in [5.74, 6) is -0.237. The standard InChI is InChI=1S/C15H17FN2S2/c16-11-8-6-10(7-9-11)13-14(17)20-15(18-13)19-12-4-2-1-3-5-12/h6-9,12H,1-5,17H2. The zero-order valence-corrected chi connectivity index (χ0v) is 12.8. The number of aromatic nitrogens is 1. The first kappa shape index (κ1) is 13.9. The summed E-state index contributed by atoms with van der Waals surface area (Å²) in [4.78, 5) is 4.64. The van der Waals surface area contributed by atoms with Crippen molar-refractivity contribution in [3.05, 3.63) is 30.1 Å². The Balaban J connectivity index is 1.78. The summed E-state index contributed by atoms with van der Waals surface area (Å²) in [6.45, 7) is 0. The average Bonchev–Trinajstić information content (AvgIpc) is 2.81. The van der Waals surface area contributed by atoms with Gasteiger partial charge in [-0.3, -0.25) is 0 Å². The van der Waals surface area contributed by atoms with Crippen molar-refractivity contribution < 1.29 is 4.39 Å². The highest BCUT2D eigenvalue weighted by Gasteiger charge is 2.18. The molecule has 106 valence electrons. The van der Waals surface area contributed by atoms with Crippen molar-refractivity contribution in [2.45, 2.75) is 41.7 Å². The van der Waals surface area contributed by atoms with E-state index in [4.69, 9.17) is 5.73 Å². The van der Waals surface area contributed by atoms with Crippen molar-refractivity contribution >= 4 is 28.1 Å². The van der Waals surface area contributed by atoms with Crippen molar-refractivity contribution in [3.63, 3.8) is 0 Å². The highest BCUT2D eigenvalue weighted by molar-refractivity contribution is 8.01. The van der Waals surface area contributed by atoms with E-state index in [1.807, 2.05) is 11.8 Å². The third-order valence-corrected chi connectivity index (χ3v) is 5.89. The van der Waals surface area contributed by atoms with Crippen LogP contribution in [0.1, 0.15) is 32.1 Å². The Bertz CT molecular complexity index is 574. The molecule has 0 saturated heterocycles. The van der Waals surface area contributed by atoms with Crippen LogP contribution in [0.5, 0.6) is 0 Å². The molecular formula is C15H17FN2S2. The molecule has 0 atom stereocenters. The molecule has 1 saturated carbocycles. The summed E-state index contributed by atoms with van der Waals surface area (Å²) >= 11 is 3.39. The summed E-state index contributed by atoms with van der Waals surface area (Å²) < 4.78 is 14.0. The van der Waals surface area contributed by atoms with E-state index >= 15 is 0 Å². The molecule has 0 unspecified atom stereocenters. The first-order valence-electron chi connectivity index (χ1n) is 6.91. The molecule has 1 aliphatic carbocycles. The Labute approximate surface area is 126 Å². The van der Waals surface area contributed by atoms with Crippen molar-refractivity contribution in [1.29, 1.82) is 0 Å². The molecule has 2 nitrogen and oxygen atoms in total. The Hall–Kier alpha value is -1.07. The van der Waals surface area contributed by atoms with E-state index in [-0.39, 0.29) is 5.82 Å². The number of nitrogens with zero attached hydrogens (tertiary/aromatic N) is 1. The SMILES string of the molecule is Nc1sc(SC2CCCCC2)nc1-c1ccc(F)cc1. The minimum absolute atomic E-state index is 0.237. The second-order valence-corrected chi connectivity index (χ2v) is 7.66. The molecular weight excluding hydrogens is 291 g/mol. The van der Waals surface area contributed by atoms with Crippen molar-refractivity contribution in [2.24, 2.45) is 0 Å². The number of hydrogen-bond acceptors (Lipinski definition) is 4. The Morgan fingerprint density at radius 2 is 1.85 bits per heavy atom. The fourth-order valence-electron chi connectivity index (χ4n) is 2.50.